The fourth-order valence-corrected chi connectivity index (χ4v) is 2.11. The van der Waals surface area contributed by atoms with Gasteiger partial charge in [0.2, 0.25) is 0 Å². The number of anilines is 1. The van der Waals surface area contributed by atoms with Crippen molar-refractivity contribution in [2.45, 2.75) is 13.5 Å². The van der Waals surface area contributed by atoms with Crippen LogP contribution in [0.2, 0.25) is 0 Å². The maximum atomic E-state index is 13.4. The molecule has 0 heterocycles. The summed E-state index contributed by atoms with van der Waals surface area (Å²) >= 11 is 2.20. The lowest BCUT2D eigenvalue weighted by Crippen LogP contribution is -2.04. The molecular formula is C14H11F3IN. The summed E-state index contributed by atoms with van der Waals surface area (Å²) < 4.78 is 40.3. The number of aryl methyl sites for hydroxylation is 1. The molecule has 0 radical (unpaired) electrons. The lowest BCUT2D eigenvalue weighted by Gasteiger charge is -2.09. The molecule has 2 rings (SSSR count). The van der Waals surface area contributed by atoms with Gasteiger partial charge in [0.25, 0.3) is 0 Å². The number of nitrogens with one attached hydrogen (secondary N) is 1. The third-order valence-corrected chi connectivity index (χ3v) is 3.91. The van der Waals surface area contributed by atoms with Gasteiger partial charge in [0.15, 0.2) is 11.6 Å². The summed E-state index contributed by atoms with van der Waals surface area (Å²) in [6.45, 7) is 2.09. The van der Waals surface area contributed by atoms with Crippen LogP contribution in [-0.4, -0.2) is 0 Å². The van der Waals surface area contributed by atoms with E-state index in [-0.39, 0.29) is 12.1 Å². The van der Waals surface area contributed by atoms with Crippen molar-refractivity contribution in [1.82, 2.24) is 0 Å². The summed E-state index contributed by atoms with van der Waals surface area (Å²) in [5, 5.41) is 2.98. The summed E-state index contributed by atoms with van der Waals surface area (Å²) in [7, 11) is 0. The summed E-state index contributed by atoms with van der Waals surface area (Å²) in [6.07, 6.45) is 0. The van der Waals surface area contributed by atoms with Crippen LogP contribution in [0.4, 0.5) is 18.9 Å². The second-order valence-corrected chi connectivity index (χ2v) is 5.34. The van der Waals surface area contributed by atoms with E-state index in [1.807, 2.05) is 25.1 Å². The Labute approximate surface area is 123 Å². The number of rotatable bonds is 3. The van der Waals surface area contributed by atoms with Crippen LogP contribution in [0.5, 0.6) is 0 Å². The van der Waals surface area contributed by atoms with Gasteiger partial charge in [-0.15, -0.1) is 0 Å². The van der Waals surface area contributed by atoms with Crippen LogP contribution in [0.15, 0.2) is 30.3 Å². The maximum Gasteiger partial charge on any atom is 0.161 e. The Hall–Kier alpha value is -1.24. The first-order valence-corrected chi connectivity index (χ1v) is 6.68. The predicted molar refractivity (Wildman–Crippen MR) is 77.5 cm³/mol. The molecule has 2 aromatic rings. The highest BCUT2D eigenvalue weighted by Crippen LogP contribution is 2.19. The highest BCUT2D eigenvalue weighted by Gasteiger charge is 2.09. The van der Waals surface area contributed by atoms with E-state index in [0.29, 0.717) is 6.07 Å². The van der Waals surface area contributed by atoms with Crippen molar-refractivity contribution in [3.05, 3.63) is 62.5 Å². The smallest absolute Gasteiger partial charge is 0.161 e. The average Bonchev–Trinajstić information content (AvgIpc) is 2.36. The number of hydrogen-bond acceptors (Lipinski definition) is 1. The van der Waals surface area contributed by atoms with Gasteiger partial charge in [0, 0.05) is 27.4 Å². The first-order valence-electron chi connectivity index (χ1n) is 5.61. The molecule has 0 amide bonds. The molecule has 1 N–H and O–H groups in total. The Bertz CT molecular complexity index is 614. The quantitative estimate of drug-likeness (QED) is 0.608. The van der Waals surface area contributed by atoms with Crippen LogP contribution < -0.4 is 5.32 Å². The first kappa shape index (κ1) is 14.2. The Morgan fingerprint density at radius 2 is 1.68 bits per heavy atom. The molecule has 100 valence electrons. The molecule has 0 saturated carbocycles. The van der Waals surface area contributed by atoms with Crippen molar-refractivity contribution in [2.75, 3.05) is 5.32 Å². The fraction of sp³-hybridized carbons (Fsp3) is 0.143. The maximum absolute atomic E-state index is 13.4. The van der Waals surface area contributed by atoms with Gasteiger partial charge in [0.1, 0.15) is 5.82 Å². The molecule has 0 aliphatic rings. The molecule has 0 spiro atoms. The van der Waals surface area contributed by atoms with Gasteiger partial charge in [-0.3, -0.25) is 0 Å². The van der Waals surface area contributed by atoms with Gasteiger partial charge in [0.05, 0.1) is 0 Å². The van der Waals surface area contributed by atoms with E-state index in [1.165, 1.54) is 0 Å². The van der Waals surface area contributed by atoms with Gasteiger partial charge >= 0.3 is 0 Å². The van der Waals surface area contributed by atoms with E-state index in [2.05, 4.69) is 27.9 Å². The number of halogens is 4. The normalized spacial score (nSPS) is 10.6. The Kier molecular flexibility index (Phi) is 4.34. The molecule has 0 aliphatic carbocycles. The van der Waals surface area contributed by atoms with Crippen molar-refractivity contribution in [3.63, 3.8) is 0 Å². The van der Waals surface area contributed by atoms with Crippen LogP contribution >= 0.6 is 22.6 Å². The number of hydrogen-bond donors (Lipinski definition) is 1. The standard InChI is InChI=1S/C14H11F3IN/c1-8-2-3-10(5-14(8)18)19-7-9-4-12(16)13(17)6-11(9)15/h2-6,19H,7H2,1H3. The third-order valence-electron chi connectivity index (χ3n) is 2.74. The van der Waals surface area contributed by atoms with Gasteiger partial charge in [-0.05, 0) is 53.3 Å². The summed E-state index contributed by atoms with van der Waals surface area (Å²) in [5.74, 6) is -2.98. The molecule has 1 nitrogen and oxygen atoms in total. The van der Waals surface area contributed by atoms with E-state index >= 15 is 0 Å². The minimum atomic E-state index is -1.17. The zero-order valence-electron chi connectivity index (χ0n) is 10.1. The minimum Gasteiger partial charge on any atom is -0.381 e. The highest BCUT2D eigenvalue weighted by atomic mass is 127. The largest absolute Gasteiger partial charge is 0.381 e. The Morgan fingerprint density at radius 1 is 1.00 bits per heavy atom. The minimum absolute atomic E-state index is 0.0921. The molecule has 0 unspecified atom stereocenters. The van der Waals surface area contributed by atoms with Crippen LogP contribution in [0.3, 0.4) is 0 Å². The predicted octanol–water partition coefficient (Wildman–Crippen LogP) is 4.63. The molecule has 0 atom stereocenters. The van der Waals surface area contributed by atoms with Crippen LogP contribution in [0.25, 0.3) is 0 Å². The van der Waals surface area contributed by atoms with Crippen molar-refractivity contribution in [1.29, 1.82) is 0 Å². The molecule has 0 aliphatic heterocycles. The fourth-order valence-electron chi connectivity index (χ4n) is 1.60. The van der Waals surface area contributed by atoms with E-state index in [9.17, 15) is 13.2 Å². The lowest BCUT2D eigenvalue weighted by atomic mass is 10.2. The molecule has 0 fully saturated rings. The van der Waals surface area contributed by atoms with Crippen molar-refractivity contribution in [2.24, 2.45) is 0 Å². The van der Waals surface area contributed by atoms with E-state index in [0.717, 1.165) is 20.9 Å². The van der Waals surface area contributed by atoms with Crippen molar-refractivity contribution >= 4 is 28.3 Å². The van der Waals surface area contributed by atoms with Gasteiger partial charge in [-0.25, -0.2) is 13.2 Å². The lowest BCUT2D eigenvalue weighted by molar-refractivity contribution is 0.490. The van der Waals surface area contributed by atoms with Gasteiger partial charge in [-0.2, -0.15) is 0 Å². The molecule has 0 aromatic heterocycles. The van der Waals surface area contributed by atoms with Crippen molar-refractivity contribution in [3.8, 4) is 0 Å². The summed E-state index contributed by atoms with van der Waals surface area (Å²) in [6, 6.07) is 7.14. The van der Waals surface area contributed by atoms with Crippen LogP contribution in [0, 0.1) is 27.9 Å². The Balaban J connectivity index is 2.14. The molecular weight excluding hydrogens is 366 g/mol. The average molecular weight is 377 g/mol. The second kappa shape index (κ2) is 5.81. The van der Waals surface area contributed by atoms with Crippen LogP contribution in [-0.2, 0) is 6.54 Å². The first-order chi connectivity index (χ1) is 8.97. The number of benzene rings is 2. The third kappa shape index (κ3) is 3.40. The zero-order valence-corrected chi connectivity index (χ0v) is 12.3. The molecule has 5 heteroatoms. The SMILES string of the molecule is Cc1ccc(NCc2cc(F)c(F)cc2F)cc1I. The zero-order chi connectivity index (χ0) is 14.0. The van der Waals surface area contributed by atoms with E-state index < -0.39 is 17.5 Å². The topological polar surface area (TPSA) is 12.0 Å². The van der Waals surface area contributed by atoms with Gasteiger partial charge < -0.3 is 5.32 Å². The highest BCUT2D eigenvalue weighted by molar-refractivity contribution is 14.1. The van der Waals surface area contributed by atoms with Crippen LogP contribution in [0.1, 0.15) is 11.1 Å². The summed E-state index contributed by atoms with van der Waals surface area (Å²) in [4.78, 5) is 0. The molecule has 0 bridgehead atoms. The monoisotopic (exact) mass is 377 g/mol. The van der Waals surface area contributed by atoms with Crippen molar-refractivity contribution < 1.29 is 13.2 Å². The Morgan fingerprint density at radius 3 is 2.37 bits per heavy atom. The molecule has 19 heavy (non-hydrogen) atoms. The van der Waals surface area contributed by atoms with E-state index in [1.54, 1.807) is 0 Å². The molecule has 2 aromatic carbocycles. The van der Waals surface area contributed by atoms with Gasteiger partial charge in [-0.1, -0.05) is 6.07 Å². The second-order valence-electron chi connectivity index (χ2n) is 4.18. The summed E-state index contributed by atoms with van der Waals surface area (Å²) in [5.41, 5.74) is 2.04. The van der Waals surface area contributed by atoms with E-state index in [4.69, 9.17) is 0 Å². The molecule has 0 saturated heterocycles.